The molecule has 2 N–H and O–H groups in total. The highest BCUT2D eigenvalue weighted by molar-refractivity contribution is 6.30. The van der Waals surface area contributed by atoms with E-state index >= 15 is 0 Å². The van der Waals surface area contributed by atoms with E-state index in [-0.39, 0.29) is 12.1 Å². The van der Waals surface area contributed by atoms with Gasteiger partial charge in [0.2, 0.25) is 0 Å². The van der Waals surface area contributed by atoms with E-state index in [1.165, 1.54) is 0 Å². The molecule has 1 atom stereocenters. The number of nitrogens with one attached hydrogen (secondary N) is 2. The molecule has 0 bridgehead atoms. The van der Waals surface area contributed by atoms with Crippen LogP contribution in [0.3, 0.4) is 0 Å². The van der Waals surface area contributed by atoms with Crippen LogP contribution in [-0.2, 0) is 6.54 Å². The lowest BCUT2D eigenvalue weighted by molar-refractivity contribution is 0.237. The first kappa shape index (κ1) is 16.5. The van der Waals surface area contributed by atoms with Crippen molar-refractivity contribution < 1.29 is 4.79 Å². The van der Waals surface area contributed by atoms with E-state index in [1.54, 1.807) is 12.3 Å². The number of halogens is 1. The van der Waals surface area contributed by atoms with Gasteiger partial charge in [-0.25, -0.2) is 14.8 Å². The second-order valence-electron chi connectivity index (χ2n) is 5.83. The van der Waals surface area contributed by atoms with E-state index in [1.807, 2.05) is 31.2 Å². The number of nitrogens with zero attached hydrogens (tertiary/aromatic N) is 3. The van der Waals surface area contributed by atoms with Crippen molar-refractivity contribution in [2.75, 3.05) is 18.0 Å². The number of anilines is 1. The van der Waals surface area contributed by atoms with Crippen LogP contribution in [-0.4, -0.2) is 35.1 Å². The van der Waals surface area contributed by atoms with E-state index in [0.29, 0.717) is 12.4 Å². The zero-order valence-electron chi connectivity index (χ0n) is 13.5. The Balaban J connectivity index is 1.47. The van der Waals surface area contributed by atoms with Gasteiger partial charge in [0.25, 0.3) is 0 Å². The molecule has 0 aliphatic carbocycles. The van der Waals surface area contributed by atoms with Crippen LogP contribution in [0.5, 0.6) is 0 Å². The Labute approximate surface area is 146 Å². The van der Waals surface area contributed by atoms with Crippen molar-refractivity contribution in [2.24, 2.45) is 0 Å². The highest BCUT2D eigenvalue weighted by atomic mass is 35.5. The van der Waals surface area contributed by atoms with Crippen molar-refractivity contribution in [3.8, 4) is 0 Å². The average Bonchev–Trinajstić information content (AvgIpc) is 3.01. The van der Waals surface area contributed by atoms with Crippen LogP contribution in [0.25, 0.3) is 0 Å². The number of aryl methyl sites for hydroxylation is 1. The van der Waals surface area contributed by atoms with Crippen molar-refractivity contribution in [3.63, 3.8) is 0 Å². The fourth-order valence-corrected chi connectivity index (χ4v) is 2.98. The lowest BCUT2D eigenvalue weighted by atomic mass is 10.3. The lowest BCUT2D eigenvalue weighted by Crippen LogP contribution is -2.43. The Morgan fingerprint density at radius 2 is 2.29 bits per heavy atom. The average molecular weight is 346 g/mol. The van der Waals surface area contributed by atoms with Crippen molar-refractivity contribution >= 4 is 23.3 Å². The maximum absolute atomic E-state index is 12.0. The van der Waals surface area contributed by atoms with E-state index in [0.717, 1.165) is 35.9 Å². The molecule has 1 aliphatic rings. The molecule has 0 spiro atoms. The molecule has 7 heteroatoms. The summed E-state index contributed by atoms with van der Waals surface area (Å²) in [4.78, 5) is 22.6. The molecule has 126 valence electrons. The fraction of sp³-hybridized carbons (Fsp3) is 0.353. The van der Waals surface area contributed by atoms with Crippen LogP contribution in [0, 0.1) is 6.92 Å². The van der Waals surface area contributed by atoms with Crippen LogP contribution >= 0.6 is 11.6 Å². The molecular weight excluding hydrogens is 326 g/mol. The van der Waals surface area contributed by atoms with E-state index in [2.05, 4.69) is 25.5 Å². The van der Waals surface area contributed by atoms with Gasteiger partial charge >= 0.3 is 6.03 Å². The van der Waals surface area contributed by atoms with Crippen molar-refractivity contribution in [2.45, 2.75) is 25.9 Å². The molecule has 1 aromatic carbocycles. The van der Waals surface area contributed by atoms with Gasteiger partial charge in [-0.1, -0.05) is 17.7 Å². The first-order valence-electron chi connectivity index (χ1n) is 7.93. The number of urea groups is 1. The molecule has 0 radical (unpaired) electrons. The maximum Gasteiger partial charge on any atom is 0.315 e. The third kappa shape index (κ3) is 4.35. The van der Waals surface area contributed by atoms with Gasteiger partial charge in [0.05, 0.1) is 12.2 Å². The Hall–Kier alpha value is -2.34. The summed E-state index contributed by atoms with van der Waals surface area (Å²) in [5, 5.41) is 6.57. The van der Waals surface area contributed by atoms with Crippen LogP contribution in [0.2, 0.25) is 5.02 Å². The summed E-state index contributed by atoms with van der Waals surface area (Å²) in [5.41, 5.74) is 1.88. The lowest BCUT2D eigenvalue weighted by Gasteiger charge is -2.19. The Morgan fingerprint density at radius 1 is 1.42 bits per heavy atom. The third-order valence-electron chi connectivity index (χ3n) is 3.96. The summed E-state index contributed by atoms with van der Waals surface area (Å²) < 4.78 is 0. The molecular formula is C17H20ClN5O. The first-order valence-corrected chi connectivity index (χ1v) is 8.31. The quantitative estimate of drug-likeness (QED) is 0.893. The molecule has 2 amide bonds. The first-order chi connectivity index (χ1) is 11.6. The number of benzene rings is 1. The summed E-state index contributed by atoms with van der Waals surface area (Å²) >= 11 is 6.04. The van der Waals surface area contributed by atoms with Gasteiger partial charge in [0.1, 0.15) is 5.82 Å². The van der Waals surface area contributed by atoms with Gasteiger partial charge in [-0.2, -0.15) is 0 Å². The van der Waals surface area contributed by atoms with Crippen LogP contribution in [0.15, 0.2) is 36.5 Å². The van der Waals surface area contributed by atoms with Crippen LogP contribution in [0.1, 0.15) is 17.9 Å². The number of hydrogen-bond donors (Lipinski definition) is 2. The number of amides is 2. The van der Waals surface area contributed by atoms with Gasteiger partial charge < -0.3 is 15.5 Å². The fourth-order valence-electron chi connectivity index (χ4n) is 2.80. The number of carbonyl (C=O) groups excluding carboxylic acids is 1. The van der Waals surface area contributed by atoms with Gasteiger partial charge in [-0.15, -0.1) is 0 Å². The molecule has 0 unspecified atom stereocenters. The monoisotopic (exact) mass is 345 g/mol. The summed E-state index contributed by atoms with van der Waals surface area (Å²) in [6.45, 7) is 3.89. The normalized spacial score (nSPS) is 16.9. The second-order valence-corrected chi connectivity index (χ2v) is 6.27. The second kappa shape index (κ2) is 7.49. The minimum atomic E-state index is -0.177. The summed E-state index contributed by atoms with van der Waals surface area (Å²) in [6.07, 6.45) is 2.60. The smallest absolute Gasteiger partial charge is 0.315 e. The highest BCUT2D eigenvalue weighted by Crippen LogP contribution is 2.23. The molecule has 2 aromatic rings. The zero-order valence-corrected chi connectivity index (χ0v) is 14.3. The molecule has 1 fully saturated rings. The number of hydrogen-bond acceptors (Lipinski definition) is 4. The molecule has 1 aromatic heterocycles. The maximum atomic E-state index is 12.0. The SMILES string of the molecule is Cc1nccc(CNC(=O)N[C@H]2CCN(c3cccc(Cl)c3)C2)n1. The largest absolute Gasteiger partial charge is 0.369 e. The molecule has 24 heavy (non-hydrogen) atoms. The summed E-state index contributed by atoms with van der Waals surface area (Å²) in [7, 11) is 0. The van der Waals surface area contributed by atoms with Crippen molar-refractivity contribution in [3.05, 3.63) is 53.1 Å². The Bertz CT molecular complexity index is 724. The molecule has 2 heterocycles. The van der Waals surface area contributed by atoms with Gasteiger partial charge in [-0.3, -0.25) is 0 Å². The number of aromatic nitrogens is 2. The number of carbonyl (C=O) groups is 1. The van der Waals surface area contributed by atoms with Gasteiger partial charge in [0.15, 0.2) is 0 Å². The Morgan fingerprint density at radius 3 is 3.08 bits per heavy atom. The van der Waals surface area contributed by atoms with E-state index < -0.39 is 0 Å². The summed E-state index contributed by atoms with van der Waals surface area (Å²) in [5.74, 6) is 0.697. The van der Waals surface area contributed by atoms with Crippen molar-refractivity contribution in [1.82, 2.24) is 20.6 Å². The Kier molecular flexibility index (Phi) is 5.15. The highest BCUT2D eigenvalue weighted by Gasteiger charge is 2.24. The predicted octanol–water partition coefficient (Wildman–Crippen LogP) is 2.52. The standard InChI is InChI=1S/C17H20ClN5O/c1-12-19-7-5-14(21-12)10-20-17(24)22-15-6-8-23(11-15)16-4-2-3-13(18)9-16/h2-5,7,9,15H,6,8,10-11H2,1H3,(H2,20,22,24)/t15-/m0/s1. The van der Waals surface area contributed by atoms with Gasteiger partial charge in [-0.05, 0) is 37.6 Å². The van der Waals surface area contributed by atoms with Crippen LogP contribution < -0.4 is 15.5 Å². The van der Waals surface area contributed by atoms with Gasteiger partial charge in [0, 0.05) is 36.0 Å². The molecule has 1 aliphatic heterocycles. The third-order valence-corrected chi connectivity index (χ3v) is 4.20. The van der Waals surface area contributed by atoms with E-state index in [9.17, 15) is 4.79 Å². The molecule has 3 rings (SSSR count). The minimum Gasteiger partial charge on any atom is -0.369 e. The van der Waals surface area contributed by atoms with E-state index in [4.69, 9.17) is 11.6 Å². The molecule has 1 saturated heterocycles. The van der Waals surface area contributed by atoms with Crippen LogP contribution in [0.4, 0.5) is 10.5 Å². The predicted molar refractivity (Wildman–Crippen MR) is 94.2 cm³/mol. The van der Waals surface area contributed by atoms with Crippen molar-refractivity contribution in [1.29, 1.82) is 0 Å². The molecule has 0 saturated carbocycles. The summed E-state index contributed by atoms with van der Waals surface area (Å²) in [6, 6.07) is 9.52. The minimum absolute atomic E-state index is 0.121. The molecule has 6 nitrogen and oxygen atoms in total. The number of rotatable bonds is 4. The zero-order chi connectivity index (χ0) is 16.9. The topological polar surface area (TPSA) is 70.2 Å².